The van der Waals surface area contributed by atoms with Gasteiger partial charge in [0.2, 0.25) is 5.91 Å². The summed E-state index contributed by atoms with van der Waals surface area (Å²) in [5, 5.41) is 12.4. The third kappa shape index (κ3) is 4.43. The molecule has 2 atom stereocenters. The third-order valence-electron chi connectivity index (χ3n) is 3.27. The summed E-state index contributed by atoms with van der Waals surface area (Å²) in [4.78, 5) is 13.2. The van der Waals surface area contributed by atoms with E-state index in [1.54, 1.807) is 19.1 Å². The lowest BCUT2D eigenvalue weighted by atomic mass is 9.90. The number of nitrogens with zero attached hydrogens (tertiary/aromatic N) is 1. The number of rotatable bonds is 5. The van der Waals surface area contributed by atoms with E-state index in [4.69, 9.17) is 11.6 Å². The van der Waals surface area contributed by atoms with Crippen molar-refractivity contribution < 1.29 is 4.79 Å². The standard InChI is InChI=1S/C15H19ClN2OS/c1-10(2)15(4,9-17)18-14(19)11(3)20-13-7-5-12(16)6-8-13/h5-8,10-11H,1-4H3,(H,18,19)/t11-,15-/m0/s1. The Morgan fingerprint density at radius 1 is 1.35 bits per heavy atom. The van der Waals surface area contributed by atoms with Crippen molar-refractivity contribution in [2.24, 2.45) is 5.92 Å². The smallest absolute Gasteiger partial charge is 0.234 e. The van der Waals surface area contributed by atoms with Gasteiger partial charge in [-0.05, 0) is 44.0 Å². The van der Waals surface area contributed by atoms with Gasteiger partial charge in [0.25, 0.3) is 0 Å². The molecule has 108 valence electrons. The quantitative estimate of drug-likeness (QED) is 0.840. The average molecular weight is 311 g/mol. The molecule has 3 nitrogen and oxygen atoms in total. The van der Waals surface area contributed by atoms with Gasteiger partial charge in [0, 0.05) is 9.92 Å². The Kier molecular flexibility index (Phi) is 5.91. The van der Waals surface area contributed by atoms with Gasteiger partial charge >= 0.3 is 0 Å². The van der Waals surface area contributed by atoms with E-state index in [0.717, 1.165) is 4.90 Å². The topological polar surface area (TPSA) is 52.9 Å². The fraction of sp³-hybridized carbons (Fsp3) is 0.467. The molecule has 1 aromatic rings. The normalized spacial score (nSPS) is 15.2. The number of nitrogens with one attached hydrogen (secondary N) is 1. The Balaban J connectivity index is 2.68. The Morgan fingerprint density at radius 3 is 2.35 bits per heavy atom. The molecule has 0 fully saturated rings. The fourth-order valence-corrected chi connectivity index (χ4v) is 2.42. The largest absolute Gasteiger partial charge is 0.337 e. The molecular weight excluding hydrogens is 292 g/mol. The maximum absolute atomic E-state index is 12.2. The minimum atomic E-state index is -0.841. The zero-order chi connectivity index (χ0) is 15.3. The molecule has 0 saturated carbocycles. The Morgan fingerprint density at radius 2 is 1.90 bits per heavy atom. The second kappa shape index (κ2) is 7.01. The molecule has 0 radical (unpaired) electrons. The Hall–Kier alpha value is -1.18. The molecule has 1 N–H and O–H groups in total. The molecule has 0 spiro atoms. The summed E-state index contributed by atoms with van der Waals surface area (Å²) in [6.07, 6.45) is 0. The molecule has 20 heavy (non-hydrogen) atoms. The van der Waals surface area contributed by atoms with Crippen LogP contribution in [-0.4, -0.2) is 16.7 Å². The van der Waals surface area contributed by atoms with Crippen molar-refractivity contribution in [2.45, 2.75) is 43.4 Å². The molecule has 1 aromatic carbocycles. The van der Waals surface area contributed by atoms with Crippen LogP contribution in [0.1, 0.15) is 27.7 Å². The van der Waals surface area contributed by atoms with E-state index in [0.29, 0.717) is 5.02 Å². The Bertz CT molecular complexity index is 510. The molecule has 0 bridgehead atoms. The van der Waals surface area contributed by atoms with Gasteiger partial charge in [-0.1, -0.05) is 25.4 Å². The number of thioether (sulfide) groups is 1. The van der Waals surface area contributed by atoms with Crippen LogP contribution in [0.2, 0.25) is 5.02 Å². The van der Waals surface area contributed by atoms with Gasteiger partial charge in [0.15, 0.2) is 0 Å². The molecule has 0 heterocycles. The summed E-state index contributed by atoms with van der Waals surface area (Å²) >= 11 is 7.27. The van der Waals surface area contributed by atoms with Crippen LogP contribution in [0, 0.1) is 17.2 Å². The van der Waals surface area contributed by atoms with Crippen molar-refractivity contribution in [1.29, 1.82) is 5.26 Å². The predicted molar refractivity (Wildman–Crippen MR) is 83.8 cm³/mol. The van der Waals surface area contributed by atoms with Crippen molar-refractivity contribution in [3.05, 3.63) is 29.3 Å². The second-order valence-corrected chi connectivity index (χ2v) is 7.02. The summed E-state index contributed by atoms with van der Waals surface area (Å²) in [6, 6.07) is 9.52. The van der Waals surface area contributed by atoms with Gasteiger partial charge < -0.3 is 5.32 Å². The van der Waals surface area contributed by atoms with Crippen LogP contribution in [0.4, 0.5) is 0 Å². The van der Waals surface area contributed by atoms with Crippen LogP contribution in [0.15, 0.2) is 29.2 Å². The van der Waals surface area contributed by atoms with E-state index in [9.17, 15) is 10.1 Å². The molecule has 0 aliphatic rings. The van der Waals surface area contributed by atoms with E-state index in [2.05, 4.69) is 11.4 Å². The van der Waals surface area contributed by atoms with Crippen LogP contribution < -0.4 is 5.32 Å². The van der Waals surface area contributed by atoms with Crippen molar-refractivity contribution in [2.75, 3.05) is 0 Å². The van der Waals surface area contributed by atoms with E-state index in [1.807, 2.05) is 32.9 Å². The van der Waals surface area contributed by atoms with Crippen molar-refractivity contribution >= 4 is 29.3 Å². The number of carbonyl (C=O) groups is 1. The molecule has 0 aliphatic carbocycles. The van der Waals surface area contributed by atoms with Crippen LogP contribution in [0.25, 0.3) is 0 Å². The highest BCUT2D eigenvalue weighted by molar-refractivity contribution is 8.00. The lowest BCUT2D eigenvalue weighted by Gasteiger charge is -2.28. The first-order chi connectivity index (χ1) is 9.28. The van der Waals surface area contributed by atoms with Crippen LogP contribution >= 0.6 is 23.4 Å². The highest BCUT2D eigenvalue weighted by atomic mass is 35.5. The summed E-state index contributed by atoms with van der Waals surface area (Å²) in [5.74, 6) is -0.0909. The number of benzene rings is 1. The summed E-state index contributed by atoms with van der Waals surface area (Å²) in [6.45, 7) is 7.41. The van der Waals surface area contributed by atoms with Crippen LogP contribution in [0.5, 0.6) is 0 Å². The predicted octanol–water partition coefficient (Wildman–Crippen LogP) is 3.88. The minimum Gasteiger partial charge on any atom is -0.337 e. The van der Waals surface area contributed by atoms with Gasteiger partial charge in [-0.25, -0.2) is 0 Å². The van der Waals surface area contributed by atoms with E-state index in [-0.39, 0.29) is 17.1 Å². The Labute approximate surface area is 129 Å². The lowest BCUT2D eigenvalue weighted by molar-refractivity contribution is -0.121. The summed E-state index contributed by atoms with van der Waals surface area (Å²) in [7, 11) is 0. The van der Waals surface area contributed by atoms with Gasteiger partial charge in [0.05, 0.1) is 11.3 Å². The lowest BCUT2D eigenvalue weighted by Crippen LogP contribution is -2.51. The maximum Gasteiger partial charge on any atom is 0.234 e. The minimum absolute atomic E-state index is 0.0455. The van der Waals surface area contributed by atoms with Crippen molar-refractivity contribution in [3.63, 3.8) is 0 Å². The summed E-state index contributed by atoms with van der Waals surface area (Å²) < 4.78 is 0. The molecule has 1 amide bonds. The third-order valence-corrected chi connectivity index (χ3v) is 4.63. The second-order valence-electron chi connectivity index (χ2n) is 5.17. The molecule has 0 aromatic heterocycles. The van der Waals surface area contributed by atoms with Crippen LogP contribution in [0.3, 0.4) is 0 Å². The van der Waals surface area contributed by atoms with Crippen molar-refractivity contribution in [1.82, 2.24) is 5.32 Å². The first-order valence-corrected chi connectivity index (χ1v) is 7.69. The first kappa shape index (κ1) is 16.9. The number of halogens is 1. The van der Waals surface area contributed by atoms with Crippen LogP contribution in [-0.2, 0) is 4.79 Å². The molecule has 1 rings (SSSR count). The monoisotopic (exact) mass is 310 g/mol. The van der Waals surface area contributed by atoms with Gasteiger partial charge in [-0.2, -0.15) is 5.26 Å². The van der Waals surface area contributed by atoms with Gasteiger partial charge in [0.1, 0.15) is 5.54 Å². The maximum atomic E-state index is 12.2. The number of hydrogen-bond acceptors (Lipinski definition) is 3. The first-order valence-electron chi connectivity index (χ1n) is 6.44. The average Bonchev–Trinajstić information content (AvgIpc) is 2.40. The zero-order valence-electron chi connectivity index (χ0n) is 12.1. The van der Waals surface area contributed by atoms with E-state index >= 15 is 0 Å². The zero-order valence-corrected chi connectivity index (χ0v) is 13.7. The molecule has 5 heteroatoms. The van der Waals surface area contributed by atoms with E-state index in [1.165, 1.54) is 11.8 Å². The highest BCUT2D eigenvalue weighted by Crippen LogP contribution is 2.25. The number of amides is 1. The number of carbonyl (C=O) groups excluding carboxylic acids is 1. The van der Waals surface area contributed by atoms with Gasteiger partial charge in [-0.15, -0.1) is 11.8 Å². The number of nitriles is 1. The highest BCUT2D eigenvalue weighted by Gasteiger charge is 2.31. The summed E-state index contributed by atoms with van der Waals surface area (Å²) in [5.41, 5.74) is -0.841. The number of hydrogen-bond donors (Lipinski definition) is 1. The molecule has 0 unspecified atom stereocenters. The molecule has 0 aliphatic heterocycles. The van der Waals surface area contributed by atoms with E-state index < -0.39 is 5.54 Å². The molecule has 0 saturated heterocycles. The SMILES string of the molecule is CC(C)[C@](C)(C#N)NC(=O)[C@H](C)Sc1ccc(Cl)cc1. The molecular formula is C15H19ClN2OS. The fourth-order valence-electron chi connectivity index (χ4n) is 1.43. The van der Waals surface area contributed by atoms with Crippen molar-refractivity contribution in [3.8, 4) is 6.07 Å². The van der Waals surface area contributed by atoms with Gasteiger partial charge in [-0.3, -0.25) is 4.79 Å².